The summed E-state index contributed by atoms with van der Waals surface area (Å²) in [4.78, 5) is 33.5. The van der Waals surface area contributed by atoms with Crippen LogP contribution in [0.15, 0.2) is 24.3 Å². The third-order valence-electron chi connectivity index (χ3n) is 10.2. The van der Waals surface area contributed by atoms with Gasteiger partial charge in [0, 0.05) is 13.0 Å². The molecule has 0 saturated carbocycles. The van der Waals surface area contributed by atoms with Gasteiger partial charge in [-0.05, 0) is 38.5 Å². The maximum Gasteiger partial charge on any atom is 0.472 e. The first-order chi connectivity index (χ1) is 27.7. The largest absolute Gasteiger partial charge is 0.480 e. The number of carbonyl (C=O) groups is 2. The van der Waals surface area contributed by atoms with E-state index in [1.807, 2.05) is 0 Å². The molecule has 0 aromatic heterocycles. The van der Waals surface area contributed by atoms with Crippen LogP contribution in [-0.2, 0) is 32.7 Å². The van der Waals surface area contributed by atoms with Crippen LogP contribution in [0.25, 0.3) is 0 Å². The maximum atomic E-state index is 12.6. The van der Waals surface area contributed by atoms with Gasteiger partial charge in [0.15, 0.2) is 0 Å². The Balaban J connectivity index is 4.14. The molecule has 57 heavy (non-hydrogen) atoms. The van der Waals surface area contributed by atoms with E-state index in [0.29, 0.717) is 13.0 Å². The zero-order chi connectivity index (χ0) is 41.9. The normalized spacial score (nSPS) is 14.0. The van der Waals surface area contributed by atoms with Crippen molar-refractivity contribution in [2.75, 3.05) is 26.4 Å². The summed E-state index contributed by atoms with van der Waals surface area (Å²) in [5.74, 6) is -1.79. The Morgan fingerprint density at radius 2 is 0.982 bits per heavy atom. The number of nitrogens with two attached hydrogens (primary N) is 1. The van der Waals surface area contributed by atoms with E-state index in [1.165, 1.54) is 128 Å². The van der Waals surface area contributed by atoms with Crippen molar-refractivity contribution in [3.8, 4) is 0 Å². The van der Waals surface area contributed by atoms with Gasteiger partial charge in [0.1, 0.15) is 12.1 Å². The number of rotatable bonds is 45. The number of aliphatic carboxylic acids is 1. The molecule has 0 rings (SSSR count). The van der Waals surface area contributed by atoms with E-state index in [-0.39, 0.29) is 13.0 Å². The molecule has 0 aliphatic heterocycles. The molecule has 0 aromatic rings. The molecule has 0 bridgehead atoms. The Bertz CT molecular complexity index is 1010. The number of hydrogen-bond donors (Lipinski definition) is 3. The van der Waals surface area contributed by atoms with Gasteiger partial charge >= 0.3 is 19.8 Å². The molecule has 0 spiro atoms. The van der Waals surface area contributed by atoms with Crippen molar-refractivity contribution in [1.82, 2.24) is 0 Å². The second-order valence-electron chi connectivity index (χ2n) is 15.9. The molecule has 10 nitrogen and oxygen atoms in total. The highest BCUT2D eigenvalue weighted by molar-refractivity contribution is 7.47. The number of allylic oxidation sites excluding steroid dienone is 4. The number of carboxylic acids is 1. The number of esters is 1. The molecular weight excluding hydrogens is 741 g/mol. The Kier molecular flexibility index (Phi) is 41.4. The molecule has 0 heterocycles. The first-order valence-electron chi connectivity index (χ1n) is 23.4. The molecule has 0 amide bonds. The number of carbonyl (C=O) groups excluding carboxylic acids is 1. The van der Waals surface area contributed by atoms with Crippen LogP contribution in [0.3, 0.4) is 0 Å². The zero-order valence-corrected chi connectivity index (χ0v) is 37.6. The van der Waals surface area contributed by atoms with Gasteiger partial charge in [0.25, 0.3) is 0 Å². The molecule has 0 fully saturated rings. The summed E-state index contributed by atoms with van der Waals surface area (Å²) in [5, 5.41) is 8.90. The predicted molar refractivity (Wildman–Crippen MR) is 235 cm³/mol. The van der Waals surface area contributed by atoms with Crippen molar-refractivity contribution in [3.63, 3.8) is 0 Å². The summed E-state index contributed by atoms with van der Waals surface area (Å²) in [5.41, 5.74) is 5.36. The number of carboxylic acid groups (broad SMARTS) is 1. The lowest BCUT2D eigenvalue weighted by atomic mass is 10.0. The van der Waals surface area contributed by atoms with Gasteiger partial charge in [-0.1, -0.05) is 199 Å². The van der Waals surface area contributed by atoms with Crippen molar-refractivity contribution in [1.29, 1.82) is 0 Å². The van der Waals surface area contributed by atoms with Crippen molar-refractivity contribution < 1.29 is 42.7 Å². The van der Waals surface area contributed by atoms with Gasteiger partial charge < -0.3 is 25.2 Å². The van der Waals surface area contributed by atoms with E-state index in [1.54, 1.807) is 0 Å². The number of hydrogen-bond acceptors (Lipinski definition) is 8. The van der Waals surface area contributed by atoms with Crippen LogP contribution in [0.1, 0.15) is 219 Å². The van der Waals surface area contributed by atoms with E-state index in [2.05, 4.69) is 38.2 Å². The van der Waals surface area contributed by atoms with Crippen LogP contribution in [-0.4, -0.2) is 60.5 Å². The molecule has 336 valence electrons. The van der Waals surface area contributed by atoms with Gasteiger partial charge in [-0.3, -0.25) is 18.6 Å². The van der Waals surface area contributed by atoms with E-state index in [4.69, 9.17) is 29.4 Å². The fourth-order valence-corrected chi connectivity index (χ4v) is 7.34. The maximum absolute atomic E-state index is 12.6. The SMILES string of the molecule is CCCC/C=C\C/C=C\CCCCCCCC(=O)OC(COCCCCCCCCCCCCCCCCCCCCCCC)COP(=O)(O)OCC(N)C(=O)O. The summed E-state index contributed by atoms with van der Waals surface area (Å²) in [6.45, 7) is 3.86. The second kappa shape index (κ2) is 42.6. The van der Waals surface area contributed by atoms with Crippen molar-refractivity contribution in [2.45, 2.75) is 231 Å². The minimum Gasteiger partial charge on any atom is -0.480 e. The molecule has 0 aliphatic carbocycles. The van der Waals surface area contributed by atoms with Gasteiger partial charge in [-0.25, -0.2) is 4.57 Å². The fraction of sp³-hybridized carbons (Fsp3) is 0.870. The Morgan fingerprint density at radius 3 is 1.47 bits per heavy atom. The summed E-state index contributed by atoms with van der Waals surface area (Å²) in [7, 11) is -4.62. The first-order valence-corrected chi connectivity index (χ1v) is 24.9. The smallest absolute Gasteiger partial charge is 0.472 e. The average Bonchev–Trinajstić information content (AvgIpc) is 3.19. The van der Waals surface area contributed by atoms with Crippen molar-refractivity contribution in [2.24, 2.45) is 5.73 Å². The van der Waals surface area contributed by atoms with Crippen LogP contribution in [0.2, 0.25) is 0 Å². The first kappa shape index (κ1) is 55.5. The monoisotopic (exact) mass is 830 g/mol. The van der Waals surface area contributed by atoms with E-state index in [0.717, 1.165) is 64.2 Å². The number of phosphoric ester groups is 1. The van der Waals surface area contributed by atoms with Crippen LogP contribution in [0, 0.1) is 0 Å². The highest BCUT2D eigenvalue weighted by Gasteiger charge is 2.27. The topological polar surface area (TPSA) is 155 Å². The van der Waals surface area contributed by atoms with Gasteiger partial charge in [-0.15, -0.1) is 0 Å². The predicted octanol–water partition coefficient (Wildman–Crippen LogP) is 13.1. The molecule has 3 atom stereocenters. The zero-order valence-electron chi connectivity index (χ0n) is 36.7. The molecule has 3 unspecified atom stereocenters. The standard InChI is InChI=1S/C46H88NO9P/c1-3-5-7-9-11-13-15-17-19-20-21-22-23-24-25-27-29-31-33-35-37-39-53-40-43(41-54-57(51,52)55-42-44(47)46(49)50)56-45(48)38-36-34-32-30-28-26-18-16-14-12-10-8-6-4-2/h10,12,16,18,43-44H,3-9,11,13-15,17,19-42,47H2,1-2H3,(H,49,50)(H,51,52)/b12-10-,18-16-. The fourth-order valence-electron chi connectivity index (χ4n) is 6.56. The molecule has 0 saturated heterocycles. The summed E-state index contributed by atoms with van der Waals surface area (Å²) >= 11 is 0. The molecular formula is C46H88NO9P. The summed E-state index contributed by atoms with van der Waals surface area (Å²) < 4.78 is 33.4. The van der Waals surface area contributed by atoms with Crippen LogP contribution >= 0.6 is 7.82 Å². The Hall–Kier alpha value is -1.55. The van der Waals surface area contributed by atoms with Crippen LogP contribution in [0.5, 0.6) is 0 Å². The number of unbranched alkanes of at least 4 members (excludes halogenated alkanes) is 27. The van der Waals surface area contributed by atoms with Crippen molar-refractivity contribution >= 4 is 19.8 Å². The van der Waals surface area contributed by atoms with E-state index < -0.39 is 45.1 Å². The van der Waals surface area contributed by atoms with E-state index >= 15 is 0 Å². The Morgan fingerprint density at radius 1 is 0.561 bits per heavy atom. The summed E-state index contributed by atoms with van der Waals surface area (Å²) in [6.07, 6.45) is 46.6. The second-order valence-corrected chi connectivity index (χ2v) is 17.3. The summed E-state index contributed by atoms with van der Waals surface area (Å²) in [6, 6.07) is -1.47. The lowest BCUT2D eigenvalue weighted by Crippen LogP contribution is -2.34. The minimum absolute atomic E-state index is 0.0155. The van der Waals surface area contributed by atoms with Crippen LogP contribution in [0.4, 0.5) is 0 Å². The van der Waals surface area contributed by atoms with Gasteiger partial charge in [0.2, 0.25) is 0 Å². The van der Waals surface area contributed by atoms with E-state index in [9.17, 15) is 19.0 Å². The van der Waals surface area contributed by atoms with Gasteiger partial charge in [-0.2, -0.15) is 0 Å². The number of ether oxygens (including phenoxy) is 2. The third-order valence-corrected chi connectivity index (χ3v) is 11.2. The number of phosphoric acid groups is 1. The molecule has 0 aromatic carbocycles. The van der Waals surface area contributed by atoms with Crippen LogP contribution < -0.4 is 5.73 Å². The Labute approximate surface area is 349 Å². The quantitative estimate of drug-likeness (QED) is 0.0234. The third kappa shape index (κ3) is 42.4. The highest BCUT2D eigenvalue weighted by atomic mass is 31.2. The average molecular weight is 830 g/mol. The molecule has 0 radical (unpaired) electrons. The minimum atomic E-state index is -4.62. The molecule has 4 N–H and O–H groups in total. The lowest BCUT2D eigenvalue weighted by molar-refractivity contribution is -0.154. The van der Waals surface area contributed by atoms with Gasteiger partial charge in [0.05, 0.1) is 19.8 Å². The lowest BCUT2D eigenvalue weighted by Gasteiger charge is -2.20. The highest BCUT2D eigenvalue weighted by Crippen LogP contribution is 2.43. The molecule has 0 aliphatic rings. The molecule has 11 heteroatoms. The van der Waals surface area contributed by atoms with Crippen molar-refractivity contribution in [3.05, 3.63) is 24.3 Å².